The third kappa shape index (κ3) is 2.98. The Labute approximate surface area is 161 Å². The number of benzene rings is 3. The van der Waals surface area contributed by atoms with Crippen molar-refractivity contribution in [2.45, 2.75) is 24.8 Å². The predicted molar refractivity (Wildman–Crippen MR) is 113 cm³/mol. The minimum Gasteiger partial charge on any atom is -0.398 e. The van der Waals surface area contributed by atoms with Gasteiger partial charge in [0.05, 0.1) is 0 Å². The number of rotatable bonds is 4. The first-order valence-electron chi connectivity index (χ1n) is 9.75. The number of likely N-dealkylation sites (tertiary alicyclic amines) is 1. The molecular weight excluding hydrogens is 330 g/mol. The second-order valence-corrected chi connectivity index (χ2v) is 7.30. The van der Waals surface area contributed by atoms with E-state index in [9.17, 15) is 0 Å². The molecule has 0 saturated carbocycles. The van der Waals surface area contributed by atoms with Crippen LogP contribution in [-0.4, -0.2) is 18.0 Å². The Morgan fingerprint density at radius 3 is 1.59 bits per heavy atom. The van der Waals surface area contributed by atoms with Gasteiger partial charge in [0.2, 0.25) is 0 Å². The van der Waals surface area contributed by atoms with Crippen LogP contribution in [0.1, 0.15) is 36.0 Å². The summed E-state index contributed by atoms with van der Waals surface area (Å²) in [6.45, 7) is 2.05. The zero-order valence-corrected chi connectivity index (χ0v) is 15.6. The van der Waals surface area contributed by atoms with E-state index in [1.54, 1.807) is 0 Å². The Kier molecular flexibility index (Phi) is 4.87. The average Bonchev–Trinajstić information content (AvgIpc) is 2.73. The summed E-state index contributed by atoms with van der Waals surface area (Å²) in [7, 11) is 0. The molecule has 138 valence electrons. The molecule has 4 N–H and O–H groups in total. The van der Waals surface area contributed by atoms with Crippen LogP contribution in [0, 0.1) is 0 Å². The summed E-state index contributed by atoms with van der Waals surface area (Å²) < 4.78 is 0. The molecule has 0 aromatic heterocycles. The van der Waals surface area contributed by atoms with Crippen molar-refractivity contribution in [2.75, 3.05) is 24.6 Å². The highest BCUT2D eigenvalue weighted by Crippen LogP contribution is 2.47. The number of hydrogen-bond acceptors (Lipinski definition) is 3. The smallest absolute Gasteiger partial charge is 0.101 e. The van der Waals surface area contributed by atoms with Gasteiger partial charge in [-0.05, 0) is 43.6 Å². The molecule has 3 nitrogen and oxygen atoms in total. The molecule has 1 heterocycles. The Bertz CT molecular complexity index is 853. The lowest BCUT2D eigenvalue weighted by Crippen LogP contribution is -2.51. The summed E-state index contributed by atoms with van der Waals surface area (Å²) in [5.41, 5.74) is 17.7. The van der Waals surface area contributed by atoms with Crippen molar-refractivity contribution in [3.8, 4) is 0 Å². The van der Waals surface area contributed by atoms with E-state index in [0.717, 1.165) is 35.6 Å². The molecule has 0 bridgehead atoms. The molecule has 0 unspecified atom stereocenters. The van der Waals surface area contributed by atoms with Crippen LogP contribution in [0.2, 0.25) is 0 Å². The van der Waals surface area contributed by atoms with Crippen molar-refractivity contribution in [2.24, 2.45) is 0 Å². The minimum atomic E-state index is -0.488. The number of para-hydroxylation sites is 2. The largest absolute Gasteiger partial charge is 0.398 e. The Morgan fingerprint density at radius 2 is 1.07 bits per heavy atom. The number of anilines is 2. The maximum Gasteiger partial charge on any atom is 0.101 e. The normalized spacial score (nSPS) is 15.6. The molecule has 3 aromatic carbocycles. The van der Waals surface area contributed by atoms with Crippen LogP contribution in [0.15, 0.2) is 78.9 Å². The highest BCUT2D eigenvalue weighted by Gasteiger charge is 2.44. The molecule has 1 aliphatic rings. The van der Waals surface area contributed by atoms with E-state index < -0.39 is 5.54 Å². The lowest BCUT2D eigenvalue weighted by molar-refractivity contribution is 0.129. The summed E-state index contributed by atoms with van der Waals surface area (Å²) in [6.07, 6.45) is 3.65. The van der Waals surface area contributed by atoms with Crippen molar-refractivity contribution >= 4 is 11.4 Å². The van der Waals surface area contributed by atoms with Crippen LogP contribution in [0.5, 0.6) is 0 Å². The molecule has 0 radical (unpaired) electrons. The highest BCUT2D eigenvalue weighted by molar-refractivity contribution is 5.65. The fourth-order valence-electron chi connectivity index (χ4n) is 4.54. The third-order valence-electron chi connectivity index (χ3n) is 5.72. The van der Waals surface area contributed by atoms with Crippen molar-refractivity contribution in [1.29, 1.82) is 0 Å². The molecule has 3 heteroatoms. The first-order chi connectivity index (χ1) is 13.2. The van der Waals surface area contributed by atoms with Crippen LogP contribution >= 0.6 is 0 Å². The molecule has 1 aliphatic heterocycles. The molecule has 1 fully saturated rings. The number of nitrogen functional groups attached to an aromatic ring is 2. The fraction of sp³-hybridized carbons (Fsp3) is 0.250. The second kappa shape index (κ2) is 7.45. The molecule has 0 spiro atoms. The highest BCUT2D eigenvalue weighted by atomic mass is 15.2. The van der Waals surface area contributed by atoms with Crippen molar-refractivity contribution < 1.29 is 0 Å². The molecule has 0 atom stereocenters. The van der Waals surface area contributed by atoms with E-state index in [1.807, 2.05) is 24.3 Å². The first-order valence-corrected chi connectivity index (χ1v) is 9.75. The summed E-state index contributed by atoms with van der Waals surface area (Å²) >= 11 is 0. The van der Waals surface area contributed by atoms with Gasteiger partial charge in [-0.1, -0.05) is 73.2 Å². The van der Waals surface area contributed by atoms with Gasteiger partial charge in [0.15, 0.2) is 0 Å². The summed E-state index contributed by atoms with van der Waals surface area (Å²) in [6, 6.07) is 27.1. The predicted octanol–water partition coefficient (Wildman–Crippen LogP) is 4.63. The monoisotopic (exact) mass is 357 g/mol. The van der Waals surface area contributed by atoms with E-state index >= 15 is 0 Å². The van der Waals surface area contributed by atoms with Gasteiger partial charge in [0, 0.05) is 22.5 Å². The summed E-state index contributed by atoms with van der Waals surface area (Å²) in [4.78, 5) is 2.57. The van der Waals surface area contributed by atoms with Crippen molar-refractivity contribution in [1.82, 2.24) is 4.90 Å². The van der Waals surface area contributed by atoms with Gasteiger partial charge in [0.25, 0.3) is 0 Å². The standard InChI is InChI=1S/C24H27N3/c25-22-15-7-5-13-20(22)24(19-11-3-1-4-12-19,27-17-9-2-10-18-27)21-14-6-8-16-23(21)26/h1,3-8,11-16H,2,9-10,17-18,25-26H2. The molecule has 0 amide bonds. The molecule has 1 saturated heterocycles. The minimum absolute atomic E-state index is 0.488. The van der Waals surface area contributed by atoms with Gasteiger partial charge in [0.1, 0.15) is 5.54 Å². The maximum absolute atomic E-state index is 6.57. The fourth-order valence-corrected chi connectivity index (χ4v) is 4.54. The quantitative estimate of drug-likeness (QED) is 0.529. The van der Waals surface area contributed by atoms with Crippen molar-refractivity contribution in [3.63, 3.8) is 0 Å². The Balaban J connectivity index is 2.09. The van der Waals surface area contributed by atoms with Gasteiger partial charge in [-0.2, -0.15) is 0 Å². The van der Waals surface area contributed by atoms with E-state index in [2.05, 4.69) is 59.5 Å². The number of piperidine rings is 1. The Hall–Kier alpha value is -2.78. The molecule has 0 aliphatic carbocycles. The molecular formula is C24H27N3. The number of nitrogens with zero attached hydrogens (tertiary/aromatic N) is 1. The van der Waals surface area contributed by atoms with E-state index in [1.165, 1.54) is 24.8 Å². The van der Waals surface area contributed by atoms with Crippen LogP contribution in [0.25, 0.3) is 0 Å². The van der Waals surface area contributed by atoms with Gasteiger partial charge in [-0.15, -0.1) is 0 Å². The third-order valence-corrected chi connectivity index (χ3v) is 5.72. The summed E-state index contributed by atoms with van der Waals surface area (Å²) in [5.74, 6) is 0. The van der Waals surface area contributed by atoms with Gasteiger partial charge < -0.3 is 11.5 Å². The number of nitrogens with two attached hydrogens (primary N) is 2. The molecule has 3 aromatic rings. The summed E-state index contributed by atoms with van der Waals surface area (Å²) in [5, 5.41) is 0. The van der Waals surface area contributed by atoms with Crippen LogP contribution in [-0.2, 0) is 5.54 Å². The van der Waals surface area contributed by atoms with Gasteiger partial charge >= 0.3 is 0 Å². The van der Waals surface area contributed by atoms with Crippen LogP contribution in [0.3, 0.4) is 0 Å². The SMILES string of the molecule is Nc1ccccc1C(c1ccccc1)(c1ccccc1N)N1CCCCC1. The second-order valence-electron chi connectivity index (χ2n) is 7.30. The number of hydrogen-bond donors (Lipinski definition) is 2. The van der Waals surface area contributed by atoms with Gasteiger partial charge in [-0.3, -0.25) is 4.90 Å². The first kappa shape index (κ1) is 17.6. The van der Waals surface area contributed by atoms with Crippen LogP contribution < -0.4 is 11.5 Å². The van der Waals surface area contributed by atoms with Crippen molar-refractivity contribution in [3.05, 3.63) is 95.6 Å². The lowest BCUT2D eigenvalue weighted by atomic mass is 9.73. The maximum atomic E-state index is 6.57. The zero-order chi connectivity index (χ0) is 18.7. The Morgan fingerprint density at radius 1 is 0.593 bits per heavy atom. The van der Waals surface area contributed by atoms with Gasteiger partial charge in [-0.25, -0.2) is 0 Å². The molecule has 4 rings (SSSR count). The van der Waals surface area contributed by atoms with E-state index in [-0.39, 0.29) is 0 Å². The molecule has 27 heavy (non-hydrogen) atoms. The lowest BCUT2D eigenvalue weighted by Gasteiger charge is -2.48. The van der Waals surface area contributed by atoms with E-state index in [4.69, 9.17) is 11.5 Å². The topological polar surface area (TPSA) is 55.3 Å². The average molecular weight is 358 g/mol. The van der Waals surface area contributed by atoms with E-state index in [0.29, 0.717) is 0 Å². The van der Waals surface area contributed by atoms with Crippen LogP contribution in [0.4, 0.5) is 11.4 Å². The zero-order valence-electron chi connectivity index (χ0n) is 15.6.